The predicted octanol–water partition coefficient (Wildman–Crippen LogP) is 2.77. The normalized spacial score (nSPS) is 21.1. The molecule has 2 nitrogen and oxygen atoms in total. The second-order valence-corrected chi connectivity index (χ2v) is 5.54. The van der Waals surface area contributed by atoms with E-state index in [1.807, 2.05) is 33.8 Å². The van der Waals surface area contributed by atoms with E-state index in [0.29, 0.717) is 11.0 Å². The fourth-order valence-corrected chi connectivity index (χ4v) is 1.94. The van der Waals surface area contributed by atoms with Gasteiger partial charge >= 0.3 is 7.12 Å². The van der Waals surface area contributed by atoms with Crippen molar-refractivity contribution in [3.05, 3.63) is 36.2 Å². The fourth-order valence-electron chi connectivity index (χ4n) is 1.94. The number of hydrogen-bond donors (Lipinski definition) is 0. The van der Waals surface area contributed by atoms with Gasteiger partial charge in [-0.05, 0) is 39.2 Å². The van der Waals surface area contributed by atoms with Gasteiger partial charge in [0.05, 0.1) is 11.2 Å². The first-order chi connectivity index (χ1) is 8.28. The number of rotatable bonds is 2. The first-order valence-corrected chi connectivity index (χ1v) is 6.05. The maximum Gasteiger partial charge on any atom is 0.495 e. The van der Waals surface area contributed by atoms with E-state index in [1.165, 1.54) is 12.1 Å². The highest BCUT2D eigenvalue weighted by atomic mass is 19.1. The van der Waals surface area contributed by atoms with Crippen LogP contribution in [0.3, 0.4) is 0 Å². The van der Waals surface area contributed by atoms with E-state index in [-0.39, 0.29) is 5.82 Å². The standard InChI is InChI=1S/C14H18BFO2/c1-6-10-11(8-7-9-12(10)16)15-17-13(2,3)14(4,5)18-15/h6-9H,1H2,2-5H3. The molecule has 96 valence electrons. The minimum absolute atomic E-state index is 0.308. The van der Waals surface area contributed by atoms with E-state index in [9.17, 15) is 4.39 Å². The quantitative estimate of drug-likeness (QED) is 0.749. The molecule has 1 aliphatic rings. The zero-order chi connectivity index (χ0) is 13.6. The van der Waals surface area contributed by atoms with E-state index in [1.54, 1.807) is 6.07 Å². The summed E-state index contributed by atoms with van der Waals surface area (Å²) in [6, 6.07) is 4.87. The van der Waals surface area contributed by atoms with E-state index < -0.39 is 18.3 Å². The van der Waals surface area contributed by atoms with E-state index in [0.717, 1.165) is 0 Å². The Balaban J connectivity index is 2.41. The van der Waals surface area contributed by atoms with Crippen molar-refractivity contribution in [1.29, 1.82) is 0 Å². The maximum atomic E-state index is 13.7. The third-order valence-corrected chi connectivity index (χ3v) is 3.80. The van der Waals surface area contributed by atoms with Crippen molar-refractivity contribution in [2.45, 2.75) is 38.9 Å². The topological polar surface area (TPSA) is 18.5 Å². The first kappa shape index (κ1) is 13.3. The van der Waals surface area contributed by atoms with Crippen LogP contribution in [0.15, 0.2) is 24.8 Å². The third kappa shape index (κ3) is 2.00. The van der Waals surface area contributed by atoms with Gasteiger partial charge in [-0.1, -0.05) is 24.8 Å². The zero-order valence-corrected chi connectivity index (χ0v) is 11.3. The van der Waals surface area contributed by atoms with E-state index >= 15 is 0 Å². The van der Waals surface area contributed by atoms with Gasteiger partial charge in [0.1, 0.15) is 5.82 Å². The summed E-state index contributed by atoms with van der Waals surface area (Å²) >= 11 is 0. The molecule has 1 aromatic rings. The van der Waals surface area contributed by atoms with E-state index in [2.05, 4.69) is 6.58 Å². The summed E-state index contributed by atoms with van der Waals surface area (Å²) in [5, 5.41) is 0. The smallest absolute Gasteiger partial charge is 0.399 e. The largest absolute Gasteiger partial charge is 0.495 e. The monoisotopic (exact) mass is 248 g/mol. The molecule has 18 heavy (non-hydrogen) atoms. The van der Waals surface area contributed by atoms with Crippen molar-refractivity contribution in [3.8, 4) is 0 Å². The molecule has 1 fully saturated rings. The Kier molecular flexibility index (Phi) is 3.12. The molecular weight excluding hydrogens is 230 g/mol. The van der Waals surface area contributed by atoms with Crippen LogP contribution in [-0.4, -0.2) is 18.3 Å². The summed E-state index contributed by atoms with van der Waals surface area (Å²) in [5.74, 6) is -0.308. The molecule has 0 aliphatic carbocycles. The van der Waals surface area contributed by atoms with Gasteiger partial charge in [-0.15, -0.1) is 0 Å². The summed E-state index contributed by atoms with van der Waals surface area (Å²) in [5.41, 5.74) is 0.268. The third-order valence-electron chi connectivity index (χ3n) is 3.80. The Morgan fingerprint density at radius 2 is 1.72 bits per heavy atom. The molecule has 0 unspecified atom stereocenters. The molecular formula is C14H18BFO2. The Morgan fingerprint density at radius 3 is 2.22 bits per heavy atom. The van der Waals surface area contributed by atoms with Crippen LogP contribution in [0, 0.1) is 5.82 Å². The van der Waals surface area contributed by atoms with Crippen molar-refractivity contribution in [3.63, 3.8) is 0 Å². The summed E-state index contributed by atoms with van der Waals surface area (Å²) in [4.78, 5) is 0. The van der Waals surface area contributed by atoms with E-state index in [4.69, 9.17) is 9.31 Å². The molecule has 1 aliphatic heterocycles. The molecule has 2 rings (SSSR count). The lowest BCUT2D eigenvalue weighted by atomic mass is 9.76. The van der Waals surface area contributed by atoms with Crippen molar-refractivity contribution in [2.75, 3.05) is 0 Å². The van der Waals surface area contributed by atoms with Crippen molar-refractivity contribution in [1.82, 2.24) is 0 Å². The molecule has 0 radical (unpaired) electrons. The number of benzene rings is 1. The lowest BCUT2D eigenvalue weighted by Crippen LogP contribution is -2.41. The molecule has 0 N–H and O–H groups in total. The minimum atomic E-state index is -0.557. The minimum Gasteiger partial charge on any atom is -0.399 e. The molecule has 4 heteroatoms. The van der Waals surface area contributed by atoms with Crippen LogP contribution in [0.2, 0.25) is 0 Å². The highest BCUT2D eigenvalue weighted by molar-refractivity contribution is 6.63. The van der Waals surface area contributed by atoms with Gasteiger partial charge in [0.15, 0.2) is 0 Å². The Morgan fingerprint density at radius 1 is 1.17 bits per heavy atom. The lowest BCUT2D eigenvalue weighted by molar-refractivity contribution is 0.00578. The second kappa shape index (κ2) is 4.21. The fraction of sp³-hybridized carbons (Fsp3) is 0.429. The van der Waals surface area contributed by atoms with Crippen LogP contribution >= 0.6 is 0 Å². The van der Waals surface area contributed by atoms with Crippen LogP contribution < -0.4 is 5.46 Å². The Bertz CT molecular complexity index is 467. The van der Waals surface area contributed by atoms with Gasteiger partial charge in [0, 0.05) is 5.56 Å². The number of hydrogen-bond acceptors (Lipinski definition) is 2. The van der Waals surface area contributed by atoms with Crippen molar-refractivity contribution in [2.24, 2.45) is 0 Å². The summed E-state index contributed by atoms with van der Waals surface area (Å²) in [6.45, 7) is 11.5. The molecule has 1 saturated heterocycles. The SMILES string of the molecule is C=Cc1c(F)cccc1B1OC(C)(C)C(C)(C)O1. The van der Waals surface area contributed by atoms with Crippen LogP contribution in [-0.2, 0) is 9.31 Å². The lowest BCUT2D eigenvalue weighted by Gasteiger charge is -2.32. The average molecular weight is 248 g/mol. The van der Waals surface area contributed by atoms with Gasteiger partial charge in [-0.2, -0.15) is 0 Å². The second-order valence-electron chi connectivity index (χ2n) is 5.54. The summed E-state index contributed by atoms with van der Waals surface area (Å²) < 4.78 is 25.5. The van der Waals surface area contributed by atoms with Gasteiger partial charge in [-0.3, -0.25) is 0 Å². The van der Waals surface area contributed by atoms with Gasteiger partial charge in [-0.25, -0.2) is 4.39 Å². The molecule has 1 heterocycles. The molecule has 0 saturated carbocycles. The Labute approximate surface area is 108 Å². The highest BCUT2D eigenvalue weighted by Gasteiger charge is 2.52. The van der Waals surface area contributed by atoms with Crippen LogP contribution in [0.5, 0.6) is 0 Å². The van der Waals surface area contributed by atoms with Crippen molar-refractivity contribution >= 4 is 18.7 Å². The summed E-state index contributed by atoms with van der Waals surface area (Å²) in [6.07, 6.45) is 1.50. The molecule has 0 spiro atoms. The highest BCUT2D eigenvalue weighted by Crippen LogP contribution is 2.36. The molecule has 0 amide bonds. The molecule has 0 aromatic heterocycles. The Hall–Kier alpha value is -1.13. The average Bonchev–Trinajstić information content (AvgIpc) is 2.47. The van der Waals surface area contributed by atoms with Crippen LogP contribution in [0.1, 0.15) is 33.3 Å². The van der Waals surface area contributed by atoms with Crippen LogP contribution in [0.4, 0.5) is 4.39 Å². The first-order valence-electron chi connectivity index (χ1n) is 6.05. The van der Waals surface area contributed by atoms with Crippen LogP contribution in [0.25, 0.3) is 6.08 Å². The summed E-state index contributed by atoms with van der Waals surface area (Å²) in [7, 11) is -0.557. The molecule has 0 bridgehead atoms. The zero-order valence-electron chi connectivity index (χ0n) is 11.3. The van der Waals surface area contributed by atoms with Crippen molar-refractivity contribution < 1.29 is 13.7 Å². The molecule has 1 aromatic carbocycles. The van der Waals surface area contributed by atoms with Gasteiger partial charge < -0.3 is 9.31 Å². The molecule has 0 atom stereocenters. The number of halogens is 1. The van der Waals surface area contributed by atoms with Gasteiger partial charge in [0.25, 0.3) is 0 Å². The maximum absolute atomic E-state index is 13.7. The predicted molar refractivity (Wildman–Crippen MR) is 72.2 cm³/mol. The van der Waals surface area contributed by atoms with Gasteiger partial charge in [0.2, 0.25) is 0 Å².